The van der Waals surface area contributed by atoms with Crippen molar-refractivity contribution in [3.05, 3.63) is 70.9 Å². The van der Waals surface area contributed by atoms with Crippen molar-refractivity contribution in [3.63, 3.8) is 0 Å². The number of benzene rings is 2. The lowest BCUT2D eigenvalue weighted by Crippen LogP contribution is -2.35. The Morgan fingerprint density at radius 2 is 1.56 bits per heavy atom. The molecule has 2 amide bonds. The van der Waals surface area contributed by atoms with Crippen LogP contribution in [0.25, 0.3) is 5.57 Å². The van der Waals surface area contributed by atoms with E-state index >= 15 is 0 Å². The third-order valence-corrected chi connectivity index (χ3v) is 4.97. The van der Waals surface area contributed by atoms with Gasteiger partial charge in [-0.1, -0.05) is 29.8 Å². The molecule has 0 N–H and O–H groups in total. The van der Waals surface area contributed by atoms with E-state index < -0.39 is 23.4 Å². The summed E-state index contributed by atoms with van der Waals surface area (Å²) in [4.78, 5) is 29.0. The highest BCUT2D eigenvalue weighted by Crippen LogP contribution is 2.37. The normalized spacial score (nSPS) is 17.4. The molecule has 0 radical (unpaired) electrons. The van der Waals surface area contributed by atoms with Crippen LogP contribution in [0.15, 0.2) is 48.2 Å². The first-order valence-electron chi connectivity index (χ1n) is 8.87. The summed E-state index contributed by atoms with van der Waals surface area (Å²) in [7, 11) is 0. The van der Waals surface area contributed by atoms with Crippen LogP contribution in [0.3, 0.4) is 0 Å². The Bertz CT molecular complexity index is 961. The predicted molar refractivity (Wildman–Crippen MR) is 97.8 cm³/mol. The minimum atomic E-state index is -0.942. The van der Waals surface area contributed by atoms with Crippen molar-refractivity contribution in [2.24, 2.45) is 0 Å². The maximum atomic E-state index is 14.3. The molecule has 0 spiro atoms. The average Bonchev–Trinajstić information content (AvgIpc) is 3.23. The van der Waals surface area contributed by atoms with E-state index in [9.17, 15) is 18.4 Å². The van der Waals surface area contributed by atoms with Gasteiger partial charge in [0, 0.05) is 19.2 Å². The van der Waals surface area contributed by atoms with Crippen molar-refractivity contribution in [1.82, 2.24) is 4.90 Å². The first-order valence-corrected chi connectivity index (χ1v) is 8.87. The third-order valence-electron chi connectivity index (χ3n) is 4.97. The fourth-order valence-electron chi connectivity index (χ4n) is 3.61. The molecule has 0 unspecified atom stereocenters. The average molecular weight is 368 g/mol. The zero-order chi connectivity index (χ0) is 19.1. The van der Waals surface area contributed by atoms with Crippen molar-refractivity contribution in [1.29, 1.82) is 0 Å². The second-order valence-electron chi connectivity index (χ2n) is 6.83. The number of anilines is 1. The minimum Gasteiger partial charge on any atom is -0.366 e. The van der Waals surface area contributed by atoms with E-state index in [0.29, 0.717) is 30.4 Å². The van der Waals surface area contributed by atoms with Crippen molar-refractivity contribution in [2.45, 2.75) is 19.8 Å². The Morgan fingerprint density at radius 3 is 2.19 bits per heavy atom. The standard InChI is InChI=1S/C21H18F2N2O2/c1-13-4-6-14(7-5-13)18-19(24-10-2-3-11-24)21(27)25(20(18)26)17-9-8-15(22)12-16(17)23/h4-9,12H,2-3,10-11H2,1H3. The van der Waals surface area contributed by atoms with Crippen molar-refractivity contribution in [3.8, 4) is 0 Å². The van der Waals surface area contributed by atoms with Gasteiger partial charge in [0.15, 0.2) is 0 Å². The molecular weight excluding hydrogens is 350 g/mol. The molecule has 27 heavy (non-hydrogen) atoms. The fraction of sp³-hybridized carbons (Fsp3) is 0.238. The Labute approximate surface area is 155 Å². The van der Waals surface area contributed by atoms with Crippen LogP contribution in [0.5, 0.6) is 0 Å². The van der Waals surface area contributed by atoms with Crippen LogP contribution in [0.1, 0.15) is 24.0 Å². The van der Waals surface area contributed by atoms with Gasteiger partial charge in [-0.05, 0) is 37.5 Å². The molecule has 4 nitrogen and oxygen atoms in total. The molecule has 2 aliphatic rings. The van der Waals surface area contributed by atoms with E-state index in [1.54, 1.807) is 12.1 Å². The molecule has 0 atom stereocenters. The first-order chi connectivity index (χ1) is 13.0. The molecule has 1 fully saturated rings. The molecule has 2 heterocycles. The van der Waals surface area contributed by atoms with Gasteiger partial charge in [0.25, 0.3) is 11.8 Å². The molecule has 0 bridgehead atoms. The molecule has 0 aliphatic carbocycles. The summed E-state index contributed by atoms with van der Waals surface area (Å²) in [5, 5.41) is 0. The zero-order valence-corrected chi connectivity index (χ0v) is 14.8. The Morgan fingerprint density at radius 1 is 0.889 bits per heavy atom. The summed E-state index contributed by atoms with van der Waals surface area (Å²) < 4.78 is 27.6. The number of amides is 2. The van der Waals surface area contributed by atoms with E-state index in [1.807, 2.05) is 24.0 Å². The van der Waals surface area contributed by atoms with E-state index in [2.05, 4.69) is 0 Å². The highest BCUT2D eigenvalue weighted by Gasteiger charge is 2.43. The van der Waals surface area contributed by atoms with Crippen LogP contribution in [0.2, 0.25) is 0 Å². The van der Waals surface area contributed by atoms with Crippen LogP contribution < -0.4 is 4.90 Å². The van der Waals surface area contributed by atoms with Gasteiger partial charge in [0.1, 0.15) is 17.3 Å². The van der Waals surface area contributed by atoms with Gasteiger partial charge in [-0.2, -0.15) is 0 Å². The molecule has 0 saturated carbocycles. The first kappa shape index (κ1) is 17.4. The number of aryl methyl sites for hydroxylation is 1. The molecular formula is C21H18F2N2O2. The lowest BCUT2D eigenvalue weighted by atomic mass is 10.0. The highest BCUT2D eigenvalue weighted by molar-refractivity contribution is 6.45. The number of nitrogens with zero attached hydrogens (tertiary/aromatic N) is 2. The quantitative estimate of drug-likeness (QED) is 0.777. The van der Waals surface area contributed by atoms with E-state index in [-0.39, 0.29) is 11.3 Å². The number of hydrogen-bond acceptors (Lipinski definition) is 3. The molecule has 1 saturated heterocycles. The minimum absolute atomic E-state index is 0.231. The Balaban J connectivity index is 1.85. The highest BCUT2D eigenvalue weighted by atomic mass is 19.1. The lowest BCUT2D eigenvalue weighted by molar-refractivity contribution is -0.120. The number of carbonyl (C=O) groups is 2. The summed E-state index contributed by atoms with van der Waals surface area (Å²) >= 11 is 0. The number of imide groups is 1. The maximum Gasteiger partial charge on any atom is 0.282 e. The van der Waals surface area contributed by atoms with Gasteiger partial charge in [-0.25, -0.2) is 13.7 Å². The van der Waals surface area contributed by atoms with Crippen LogP contribution >= 0.6 is 0 Å². The number of carbonyl (C=O) groups excluding carboxylic acids is 2. The Kier molecular flexibility index (Phi) is 4.26. The second kappa shape index (κ2) is 6.61. The number of hydrogen-bond donors (Lipinski definition) is 0. The smallest absolute Gasteiger partial charge is 0.282 e. The summed E-state index contributed by atoms with van der Waals surface area (Å²) in [6.07, 6.45) is 1.86. The zero-order valence-electron chi connectivity index (χ0n) is 14.8. The molecule has 2 aromatic carbocycles. The SMILES string of the molecule is Cc1ccc(C2=C(N3CCCC3)C(=O)N(c3ccc(F)cc3F)C2=O)cc1. The summed E-state index contributed by atoms with van der Waals surface area (Å²) in [6, 6.07) is 10.1. The van der Waals surface area contributed by atoms with Crippen molar-refractivity contribution >= 4 is 23.1 Å². The second-order valence-corrected chi connectivity index (χ2v) is 6.83. The number of likely N-dealkylation sites (tertiary alicyclic amines) is 1. The molecule has 4 rings (SSSR count). The molecule has 2 aromatic rings. The topological polar surface area (TPSA) is 40.6 Å². The molecule has 138 valence electrons. The monoisotopic (exact) mass is 368 g/mol. The number of rotatable bonds is 3. The van der Waals surface area contributed by atoms with Crippen molar-refractivity contribution < 1.29 is 18.4 Å². The van der Waals surface area contributed by atoms with Crippen LogP contribution in [0.4, 0.5) is 14.5 Å². The molecule has 2 aliphatic heterocycles. The van der Waals surface area contributed by atoms with Gasteiger partial charge in [-0.3, -0.25) is 9.59 Å². The van der Waals surface area contributed by atoms with Crippen LogP contribution in [-0.4, -0.2) is 29.8 Å². The molecule has 6 heteroatoms. The van der Waals surface area contributed by atoms with Crippen molar-refractivity contribution in [2.75, 3.05) is 18.0 Å². The summed E-state index contributed by atoms with van der Waals surface area (Å²) in [5.41, 5.74) is 1.98. The van der Waals surface area contributed by atoms with Crippen LogP contribution in [0, 0.1) is 18.6 Å². The van der Waals surface area contributed by atoms with Gasteiger partial charge in [0.2, 0.25) is 0 Å². The largest absolute Gasteiger partial charge is 0.366 e. The maximum absolute atomic E-state index is 14.3. The summed E-state index contributed by atoms with van der Waals surface area (Å²) in [5.74, 6) is -2.86. The van der Waals surface area contributed by atoms with Gasteiger partial charge in [-0.15, -0.1) is 0 Å². The van der Waals surface area contributed by atoms with Gasteiger partial charge >= 0.3 is 0 Å². The van der Waals surface area contributed by atoms with Gasteiger partial charge < -0.3 is 4.90 Å². The lowest BCUT2D eigenvalue weighted by Gasteiger charge is -2.20. The Hall–Kier alpha value is -3.02. The van der Waals surface area contributed by atoms with Crippen LogP contribution in [-0.2, 0) is 9.59 Å². The number of halogens is 2. The predicted octanol–water partition coefficient (Wildman–Crippen LogP) is 3.65. The van der Waals surface area contributed by atoms with E-state index in [1.165, 1.54) is 0 Å². The van der Waals surface area contributed by atoms with E-state index in [0.717, 1.165) is 35.4 Å². The van der Waals surface area contributed by atoms with Gasteiger partial charge in [0.05, 0.1) is 11.3 Å². The van der Waals surface area contributed by atoms with E-state index in [4.69, 9.17) is 0 Å². The third kappa shape index (κ3) is 2.91. The fourth-order valence-corrected chi connectivity index (χ4v) is 3.61. The summed E-state index contributed by atoms with van der Waals surface area (Å²) in [6.45, 7) is 3.27. The molecule has 0 aromatic heterocycles.